The first kappa shape index (κ1) is 10.5. The second kappa shape index (κ2) is 4.61. The maximum atomic E-state index is 11.0. The van der Waals surface area contributed by atoms with Gasteiger partial charge in [0, 0.05) is 12.1 Å². The number of ether oxygens (including phenoxy) is 1. The van der Waals surface area contributed by atoms with Crippen LogP contribution in [0.5, 0.6) is 0 Å². The van der Waals surface area contributed by atoms with E-state index in [2.05, 4.69) is 23.6 Å². The molecule has 0 aromatic carbocycles. The molecule has 0 aliphatic heterocycles. The molecule has 1 fully saturated rings. The highest BCUT2D eigenvalue weighted by Gasteiger charge is 2.26. The molecule has 0 spiro atoms. The molecule has 0 aromatic rings. The molecule has 0 aromatic heterocycles. The molecule has 76 valence electrons. The highest BCUT2D eigenvalue weighted by Crippen LogP contribution is 2.25. The summed E-state index contributed by atoms with van der Waals surface area (Å²) in [6.45, 7) is 2.08. The Bertz CT molecular complexity index is 178. The lowest BCUT2D eigenvalue weighted by Crippen LogP contribution is -2.43. The van der Waals surface area contributed by atoms with E-state index in [9.17, 15) is 4.79 Å². The van der Waals surface area contributed by atoms with Crippen molar-refractivity contribution in [2.45, 2.75) is 44.7 Å². The average molecular weight is 185 g/mol. The topological polar surface area (TPSA) is 29.5 Å². The third kappa shape index (κ3) is 2.69. The predicted molar refractivity (Wildman–Crippen MR) is 51.5 cm³/mol. The van der Waals surface area contributed by atoms with Crippen molar-refractivity contribution in [1.29, 1.82) is 0 Å². The van der Waals surface area contributed by atoms with Gasteiger partial charge in [-0.1, -0.05) is 6.42 Å². The first-order valence-corrected chi connectivity index (χ1v) is 4.94. The number of carbonyl (C=O) groups is 1. The molecule has 13 heavy (non-hydrogen) atoms. The third-order valence-corrected chi connectivity index (χ3v) is 3.04. The van der Waals surface area contributed by atoms with Gasteiger partial charge in [0.1, 0.15) is 0 Å². The molecule has 1 aliphatic carbocycles. The van der Waals surface area contributed by atoms with Gasteiger partial charge in [0.15, 0.2) is 0 Å². The van der Waals surface area contributed by atoms with Crippen molar-refractivity contribution < 1.29 is 9.53 Å². The third-order valence-electron chi connectivity index (χ3n) is 3.04. The lowest BCUT2D eigenvalue weighted by molar-refractivity contribution is -0.142. The number of hydrogen-bond acceptors (Lipinski definition) is 3. The second-order valence-electron chi connectivity index (χ2n) is 3.88. The van der Waals surface area contributed by atoms with Crippen molar-refractivity contribution in [1.82, 2.24) is 4.90 Å². The molecule has 0 bridgehead atoms. The summed E-state index contributed by atoms with van der Waals surface area (Å²) in [6.07, 6.45) is 4.40. The highest BCUT2D eigenvalue weighted by molar-refractivity contribution is 5.69. The van der Waals surface area contributed by atoms with Crippen molar-refractivity contribution in [3.8, 4) is 0 Å². The van der Waals surface area contributed by atoms with Crippen LogP contribution in [0.1, 0.15) is 32.6 Å². The summed E-state index contributed by atoms with van der Waals surface area (Å²) < 4.78 is 4.64. The van der Waals surface area contributed by atoms with Crippen LogP contribution >= 0.6 is 0 Å². The number of methoxy groups -OCH3 is 1. The summed E-state index contributed by atoms with van der Waals surface area (Å²) in [5.41, 5.74) is 0. The molecular formula is C10H19NO2. The van der Waals surface area contributed by atoms with E-state index in [4.69, 9.17) is 0 Å². The van der Waals surface area contributed by atoms with Gasteiger partial charge < -0.3 is 9.64 Å². The molecule has 1 rings (SSSR count). The van der Waals surface area contributed by atoms with E-state index >= 15 is 0 Å². The molecule has 3 heteroatoms. The van der Waals surface area contributed by atoms with Crippen LogP contribution in [-0.4, -0.2) is 37.1 Å². The SMILES string of the molecule is COC(=O)CC(C)N(C)C1CCC1. The maximum Gasteiger partial charge on any atom is 0.307 e. The van der Waals surface area contributed by atoms with Crippen molar-refractivity contribution in [3.63, 3.8) is 0 Å². The smallest absolute Gasteiger partial charge is 0.307 e. The summed E-state index contributed by atoms with van der Waals surface area (Å²) >= 11 is 0. The number of esters is 1. The lowest BCUT2D eigenvalue weighted by Gasteiger charge is -2.38. The molecule has 3 nitrogen and oxygen atoms in total. The standard InChI is InChI=1S/C10H19NO2/c1-8(7-10(12)13-3)11(2)9-5-4-6-9/h8-9H,4-7H2,1-3H3. The summed E-state index contributed by atoms with van der Waals surface area (Å²) in [5, 5.41) is 0. The molecule has 0 radical (unpaired) electrons. The van der Waals surface area contributed by atoms with Gasteiger partial charge in [-0.2, -0.15) is 0 Å². The van der Waals surface area contributed by atoms with E-state index in [0.717, 1.165) is 0 Å². The van der Waals surface area contributed by atoms with Crippen molar-refractivity contribution in [2.24, 2.45) is 0 Å². The summed E-state index contributed by atoms with van der Waals surface area (Å²) in [6, 6.07) is 0.998. The molecule has 1 saturated carbocycles. The Hall–Kier alpha value is -0.570. The molecule has 0 heterocycles. The quantitative estimate of drug-likeness (QED) is 0.620. The van der Waals surface area contributed by atoms with Crippen LogP contribution in [0.2, 0.25) is 0 Å². The normalized spacial score (nSPS) is 19.7. The fourth-order valence-corrected chi connectivity index (χ4v) is 1.62. The number of hydrogen-bond donors (Lipinski definition) is 0. The van der Waals surface area contributed by atoms with Gasteiger partial charge in [-0.25, -0.2) is 0 Å². The van der Waals surface area contributed by atoms with Crippen LogP contribution in [0.4, 0.5) is 0 Å². The molecular weight excluding hydrogens is 166 g/mol. The lowest BCUT2D eigenvalue weighted by atomic mass is 9.90. The largest absolute Gasteiger partial charge is 0.469 e. The van der Waals surface area contributed by atoms with Gasteiger partial charge in [-0.3, -0.25) is 4.79 Å². The van der Waals surface area contributed by atoms with Crippen LogP contribution in [-0.2, 0) is 9.53 Å². The first-order chi connectivity index (χ1) is 6.15. The Kier molecular flexibility index (Phi) is 3.72. The Morgan fingerprint density at radius 3 is 2.62 bits per heavy atom. The Morgan fingerprint density at radius 2 is 2.23 bits per heavy atom. The highest BCUT2D eigenvalue weighted by atomic mass is 16.5. The van der Waals surface area contributed by atoms with Crippen LogP contribution in [0.3, 0.4) is 0 Å². The van der Waals surface area contributed by atoms with Gasteiger partial charge in [-0.15, -0.1) is 0 Å². The maximum absolute atomic E-state index is 11.0. The second-order valence-corrected chi connectivity index (χ2v) is 3.88. The summed E-state index contributed by atoms with van der Waals surface area (Å²) in [4.78, 5) is 13.3. The Labute approximate surface area is 80.1 Å². The van der Waals surface area contributed by atoms with Gasteiger partial charge in [0.05, 0.1) is 13.5 Å². The van der Waals surface area contributed by atoms with E-state index in [1.54, 1.807) is 0 Å². The fourth-order valence-electron chi connectivity index (χ4n) is 1.62. The monoisotopic (exact) mass is 185 g/mol. The Balaban J connectivity index is 2.28. The van der Waals surface area contributed by atoms with E-state index in [-0.39, 0.29) is 5.97 Å². The minimum absolute atomic E-state index is 0.112. The van der Waals surface area contributed by atoms with Crippen LogP contribution in [0.15, 0.2) is 0 Å². The van der Waals surface area contributed by atoms with Gasteiger partial charge in [0.2, 0.25) is 0 Å². The zero-order chi connectivity index (χ0) is 9.84. The van der Waals surface area contributed by atoms with E-state index in [1.807, 2.05) is 0 Å². The van der Waals surface area contributed by atoms with Crippen molar-refractivity contribution in [3.05, 3.63) is 0 Å². The summed E-state index contributed by atoms with van der Waals surface area (Å²) in [7, 11) is 3.54. The van der Waals surface area contributed by atoms with Crippen molar-refractivity contribution >= 4 is 5.97 Å². The van der Waals surface area contributed by atoms with E-state index in [0.29, 0.717) is 18.5 Å². The first-order valence-electron chi connectivity index (χ1n) is 4.94. The molecule has 1 unspecified atom stereocenters. The van der Waals surface area contributed by atoms with Crippen molar-refractivity contribution in [2.75, 3.05) is 14.2 Å². The van der Waals surface area contributed by atoms with E-state index in [1.165, 1.54) is 26.4 Å². The van der Waals surface area contributed by atoms with Crippen LogP contribution < -0.4 is 0 Å². The van der Waals surface area contributed by atoms with Crippen LogP contribution in [0, 0.1) is 0 Å². The van der Waals surface area contributed by atoms with E-state index < -0.39 is 0 Å². The fraction of sp³-hybridized carbons (Fsp3) is 0.900. The number of nitrogens with zero attached hydrogens (tertiary/aromatic N) is 1. The van der Waals surface area contributed by atoms with Crippen LogP contribution in [0.25, 0.3) is 0 Å². The minimum atomic E-state index is -0.112. The molecule has 0 N–H and O–H groups in total. The van der Waals surface area contributed by atoms with Gasteiger partial charge in [-0.05, 0) is 26.8 Å². The number of rotatable bonds is 4. The minimum Gasteiger partial charge on any atom is -0.469 e. The molecule has 1 aliphatic rings. The Morgan fingerprint density at radius 1 is 1.62 bits per heavy atom. The number of carbonyl (C=O) groups excluding carboxylic acids is 1. The zero-order valence-corrected chi connectivity index (χ0v) is 8.75. The van der Waals surface area contributed by atoms with Gasteiger partial charge >= 0.3 is 5.97 Å². The zero-order valence-electron chi connectivity index (χ0n) is 8.75. The van der Waals surface area contributed by atoms with Gasteiger partial charge in [0.25, 0.3) is 0 Å². The molecule has 0 saturated heterocycles. The molecule has 0 amide bonds. The average Bonchev–Trinajstić information content (AvgIpc) is 2.00. The summed E-state index contributed by atoms with van der Waals surface area (Å²) in [5.74, 6) is -0.112. The predicted octanol–water partition coefficient (Wildman–Crippen LogP) is 1.42. The molecule has 1 atom stereocenters.